The molecule has 0 unspecified atom stereocenters. The van der Waals surface area contributed by atoms with E-state index in [1.807, 2.05) is 0 Å². The number of hydrogen-bond acceptors (Lipinski definition) is 0. The van der Waals surface area contributed by atoms with Crippen LogP contribution in [0.15, 0.2) is 22.7 Å². The van der Waals surface area contributed by atoms with Crippen LogP contribution >= 0.6 is 15.9 Å². The fourth-order valence-electron chi connectivity index (χ4n) is 1.50. The standard InChI is InChI=1S/C12H3BrF5/c13-5-1-7(15)11(8(16)2-5)12-9(17)3-6(14)4-10(12)18/h1-3H. The molecular formula is C12H3BrF5. The van der Waals surface area contributed by atoms with E-state index in [9.17, 15) is 22.0 Å². The Hall–Kier alpha value is -1.43. The van der Waals surface area contributed by atoms with E-state index in [0.717, 1.165) is 12.1 Å². The summed E-state index contributed by atoms with van der Waals surface area (Å²) in [6.07, 6.45) is 0. The van der Waals surface area contributed by atoms with Gasteiger partial charge >= 0.3 is 0 Å². The van der Waals surface area contributed by atoms with Gasteiger partial charge in [-0.3, -0.25) is 0 Å². The minimum Gasteiger partial charge on any atom is -0.206 e. The summed E-state index contributed by atoms with van der Waals surface area (Å²) in [5.74, 6) is -6.51. The Morgan fingerprint density at radius 2 is 1.28 bits per heavy atom. The number of benzene rings is 2. The van der Waals surface area contributed by atoms with E-state index in [1.54, 1.807) is 0 Å². The van der Waals surface area contributed by atoms with E-state index in [2.05, 4.69) is 15.9 Å². The number of hydrogen-bond donors (Lipinski definition) is 0. The molecule has 93 valence electrons. The van der Waals surface area contributed by atoms with Crippen LogP contribution in [0.4, 0.5) is 22.0 Å². The van der Waals surface area contributed by atoms with Crippen molar-refractivity contribution in [3.8, 4) is 11.1 Å². The zero-order valence-corrected chi connectivity index (χ0v) is 10.1. The molecule has 0 N–H and O–H groups in total. The zero-order chi connectivity index (χ0) is 13.4. The first-order valence-corrected chi connectivity index (χ1v) is 5.41. The Morgan fingerprint density at radius 3 is 1.78 bits per heavy atom. The molecule has 18 heavy (non-hydrogen) atoms. The van der Waals surface area contributed by atoms with Crippen molar-refractivity contribution in [2.75, 3.05) is 0 Å². The van der Waals surface area contributed by atoms with E-state index >= 15 is 0 Å². The lowest BCUT2D eigenvalue weighted by Crippen LogP contribution is -1.98. The predicted octanol–water partition coefficient (Wildman–Crippen LogP) is 4.61. The highest BCUT2D eigenvalue weighted by molar-refractivity contribution is 9.10. The van der Waals surface area contributed by atoms with Gasteiger partial charge in [-0.25, -0.2) is 22.0 Å². The Kier molecular flexibility index (Phi) is 3.38. The molecule has 2 aromatic carbocycles. The molecule has 0 heterocycles. The Balaban J connectivity index is 2.78. The zero-order valence-electron chi connectivity index (χ0n) is 8.50. The largest absolute Gasteiger partial charge is 0.206 e. The van der Waals surface area contributed by atoms with Crippen molar-refractivity contribution in [1.82, 2.24) is 0 Å². The van der Waals surface area contributed by atoms with E-state index in [4.69, 9.17) is 0 Å². The maximum absolute atomic E-state index is 13.5. The topological polar surface area (TPSA) is 0 Å². The average molecular weight is 322 g/mol. The number of halogens is 6. The van der Waals surface area contributed by atoms with Gasteiger partial charge in [0.2, 0.25) is 0 Å². The fraction of sp³-hybridized carbons (Fsp3) is 0. The molecule has 2 aromatic rings. The number of rotatable bonds is 1. The van der Waals surface area contributed by atoms with Crippen LogP contribution in [0.2, 0.25) is 0 Å². The second kappa shape index (κ2) is 4.68. The lowest BCUT2D eigenvalue weighted by atomic mass is 10.0. The van der Waals surface area contributed by atoms with E-state index in [-0.39, 0.29) is 4.47 Å². The summed E-state index contributed by atoms with van der Waals surface area (Å²) in [5, 5.41) is 0. The summed E-state index contributed by atoms with van der Waals surface area (Å²) in [6.45, 7) is 0. The second-order valence-corrected chi connectivity index (χ2v) is 4.31. The highest BCUT2D eigenvalue weighted by atomic mass is 79.9. The van der Waals surface area contributed by atoms with Crippen LogP contribution in [0, 0.1) is 35.2 Å². The van der Waals surface area contributed by atoms with Crippen LogP contribution in [0.3, 0.4) is 0 Å². The fourth-order valence-corrected chi connectivity index (χ4v) is 1.90. The molecule has 0 aliphatic rings. The smallest absolute Gasteiger partial charge is 0.145 e. The van der Waals surface area contributed by atoms with E-state index in [1.165, 1.54) is 6.07 Å². The molecule has 0 amide bonds. The van der Waals surface area contributed by atoms with E-state index < -0.39 is 40.2 Å². The molecule has 0 saturated carbocycles. The quantitative estimate of drug-likeness (QED) is 0.673. The van der Waals surface area contributed by atoms with Crippen LogP contribution in [0.25, 0.3) is 11.1 Å². The van der Waals surface area contributed by atoms with Crippen LogP contribution in [0.1, 0.15) is 0 Å². The van der Waals surface area contributed by atoms with E-state index in [0.29, 0.717) is 6.07 Å². The van der Waals surface area contributed by atoms with Gasteiger partial charge in [0.05, 0.1) is 17.2 Å². The molecule has 0 nitrogen and oxygen atoms in total. The molecule has 0 aliphatic heterocycles. The molecule has 0 saturated heterocycles. The monoisotopic (exact) mass is 321 g/mol. The third-order valence-corrected chi connectivity index (χ3v) is 2.66. The molecular weight excluding hydrogens is 319 g/mol. The first-order chi connectivity index (χ1) is 8.40. The molecule has 0 atom stereocenters. The highest BCUT2D eigenvalue weighted by Gasteiger charge is 2.21. The van der Waals surface area contributed by atoms with Crippen LogP contribution in [-0.2, 0) is 0 Å². The van der Waals surface area contributed by atoms with Crippen molar-refractivity contribution >= 4 is 15.9 Å². The first kappa shape index (κ1) is 13.0. The molecule has 0 fully saturated rings. The van der Waals surface area contributed by atoms with Gasteiger partial charge in [0.1, 0.15) is 29.1 Å². The third-order valence-electron chi connectivity index (χ3n) is 2.20. The maximum atomic E-state index is 13.5. The Labute approximate surface area is 107 Å². The maximum Gasteiger partial charge on any atom is 0.145 e. The summed E-state index contributed by atoms with van der Waals surface area (Å²) in [4.78, 5) is 0. The van der Waals surface area contributed by atoms with Crippen molar-refractivity contribution in [2.45, 2.75) is 0 Å². The van der Waals surface area contributed by atoms with Crippen LogP contribution in [0.5, 0.6) is 0 Å². The van der Waals surface area contributed by atoms with Gasteiger partial charge in [0, 0.05) is 10.5 Å². The molecule has 1 radical (unpaired) electrons. The van der Waals surface area contributed by atoms with Gasteiger partial charge in [-0.1, -0.05) is 15.9 Å². The minimum absolute atomic E-state index is 0.0770. The molecule has 6 heteroatoms. The van der Waals surface area contributed by atoms with Gasteiger partial charge < -0.3 is 0 Å². The van der Waals surface area contributed by atoms with Crippen molar-refractivity contribution in [3.63, 3.8) is 0 Å². The van der Waals surface area contributed by atoms with Crippen LogP contribution < -0.4 is 0 Å². The lowest BCUT2D eigenvalue weighted by Gasteiger charge is -2.08. The van der Waals surface area contributed by atoms with Gasteiger partial charge in [0.25, 0.3) is 0 Å². The summed E-state index contributed by atoms with van der Waals surface area (Å²) in [5.41, 5.74) is -1.89. The van der Waals surface area contributed by atoms with Gasteiger partial charge in [-0.15, -0.1) is 0 Å². The predicted molar refractivity (Wildman–Crippen MR) is 58.2 cm³/mol. The lowest BCUT2D eigenvalue weighted by molar-refractivity contribution is 0.536. The normalized spacial score (nSPS) is 10.8. The molecule has 0 spiro atoms. The molecule has 0 bridgehead atoms. The van der Waals surface area contributed by atoms with Crippen molar-refractivity contribution in [2.24, 2.45) is 0 Å². The molecule has 2 rings (SSSR count). The van der Waals surface area contributed by atoms with Crippen LogP contribution in [-0.4, -0.2) is 0 Å². The second-order valence-electron chi connectivity index (χ2n) is 3.40. The Bertz CT molecular complexity index is 522. The van der Waals surface area contributed by atoms with Crippen molar-refractivity contribution < 1.29 is 22.0 Å². The Morgan fingerprint density at radius 1 is 0.778 bits per heavy atom. The van der Waals surface area contributed by atoms with Crippen molar-refractivity contribution in [3.05, 3.63) is 57.8 Å². The van der Waals surface area contributed by atoms with Gasteiger partial charge in [-0.05, 0) is 12.1 Å². The summed E-state index contributed by atoms with van der Waals surface area (Å²) >= 11 is 2.83. The SMILES string of the molecule is Fc1[c]c(F)c(-c2c(F)cc(Br)cc2F)c(F)c1. The average Bonchev–Trinajstić information content (AvgIpc) is 2.20. The van der Waals surface area contributed by atoms with Gasteiger partial charge in [-0.2, -0.15) is 0 Å². The van der Waals surface area contributed by atoms with Crippen molar-refractivity contribution in [1.29, 1.82) is 0 Å². The first-order valence-electron chi connectivity index (χ1n) is 4.62. The summed E-state index contributed by atoms with van der Waals surface area (Å²) < 4.78 is 66.6. The summed E-state index contributed by atoms with van der Waals surface area (Å²) in [7, 11) is 0. The highest BCUT2D eigenvalue weighted by Crippen LogP contribution is 2.32. The molecule has 0 aromatic heterocycles. The van der Waals surface area contributed by atoms with Gasteiger partial charge in [0.15, 0.2) is 0 Å². The summed E-state index contributed by atoms with van der Waals surface area (Å²) in [6, 6.07) is 3.53. The minimum atomic E-state index is -1.49. The third kappa shape index (κ3) is 2.25. The molecule has 0 aliphatic carbocycles.